The van der Waals surface area contributed by atoms with E-state index in [1.807, 2.05) is 6.92 Å². The van der Waals surface area contributed by atoms with E-state index in [-0.39, 0.29) is 10.6 Å². The molecule has 2 rings (SSSR count). The van der Waals surface area contributed by atoms with Crippen LogP contribution in [0.15, 0.2) is 30.3 Å². The largest absolute Gasteiger partial charge is 0.507 e. The van der Waals surface area contributed by atoms with Crippen LogP contribution in [0, 0.1) is 13.8 Å². The number of phenolic OH excluding ortho intramolecular Hbond substituents is 1. The van der Waals surface area contributed by atoms with E-state index in [0.717, 1.165) is 30.6 Å². The lowest BCUT2D eigenvalue weighted by Gasteiger charge is -2.34. The van der Waals surface area contributed by atoms with Crippen LogP contribution in [0.1, 0.15) is 75.8 Å². The number of phenols is 1. The van der Waals surface area contributed by atoms with Crippen molar-refractivity contribution in [3.8, 4) is 5.75 Å². The van der Waals surface area contributed by atoms with E-state index in [1.54, 1.807) is 0 Å². The number of rotatable bonds is 7. The number of benzene rings is 2. The SMILES string of the molecule is CCN(C)Cc1cccc(C)c1PC(C)(CC)c1cc(C(C)(C)C)cc(C)c1O. The first kappa shape index (κ1) is 23.9. The summed E-state index contributed by atoms with van der Waals surface area (Å²) in [5.74, 6) is 0.468. The van der Waals surface area contributed by atoms with Crippen molar-refractivity contribution in [1.29, 1.82) is 0 Å². The molecule has 2 atom stereocenters. The monoisotopic (exact) mass is 413 g/mol. The van der Waals surface area contributed by atoms with E-state index in [1.165, 1.54) is 22.0 Å². The van der Waals surface area contributed by atoms with E-state index >= 15 is 0 Å². The number of hydrogen-bond donors (Lipinski definition) is 1. The van der Waals surface area contributed by atoms with Gasteiger partial charge in [-0.05, 0) is 66.8 Å². The fourth-order valence-corrected chi connectivity index (χ4v) is 5.35. The maximum Gasteiger partial charge on any atom is 0.122 e. The maximum absolute atomic E-state index is 11.1. The molecule has 0 saturated carbocycles. The first-order valence-electron chi connectivity index (χ1n) is 10.8. The van der Waals surface area contributed by atoms with E-state index in [9.17, 15) is 5.11 Å². The molecule has 0 heterocycles. The normalized spacial score (nSPS) is 14.7. The van der Waals surface area contributed by atoms with E-state index < -0.39 is 0 Å². The van der Waals surface area contributed by atoms with Crippen molar-refractivity contribution < 1.29 is 5.11 Å². The molecule has 0 spiro atoms. The molecular weight excluding hydrogens is 373 g/mol. The van der Waals surface area contributed by atoms with Crippen LogP contribution in [0.5, 0.6) is 5.75 Å². The van der Waals surface area contributed by atoms with Crippen LogP contribution >= 0.6 is 8.58 Å². The van der Waals surface area contributed by atoms with Gasteiger partial charge < -0.3 is 10.0 Å². The zero-order valence-electron chi connectivity index (χ0n) is 19.9. The summed E-state index contributed by atoms with van der Waals surface area (Å²) in [5, 5.41) is 12.4. The van der Waals surface area contributed by atoms with Crippen LogP contribution in [0.3, 0.4) is 0 Å². The molecule has 0 aliphatic rings. The molecule has 0 amide bonds. The maximum atomic E-state index is 11.1. The molecule has 2 aromatic carbocycles. The van der Waals surface area contributed by atoms with Crippen molar-refractivity contribution in [3.05, 3.63) is 58.1 Å². The standard InChI is InChI=1S/C26H40NOP/c1-10-26(8,22-16-21(25(5,6)7)15-19(4)23(22)28)29-24-18(3)13-12-14-20(24)17-27(9)11-2/h12-16,28-29H,10-11,17H2,1-9H3. The van der Waals surface area contributed by atoms with Gasteiger partial charge in [-0.2, -0.15) is 0 Å². The number of hydrogen-bond acceptors (Lipinski definition) is 2. The molecule has 0 fully saturated rings. The number of aryl methyl sites for hydroxylation is 2. The molecule has 29 heavy (non-hydrogen) atoms. The molecule has 1 N–H and O–H groups in total. The summed E-state index contributed by atoms with van der Waals surface area (Å²) in [4.78, 5) is 2.36. The second-order valence-electron chi connectivity index (χ2n) is 9.69. The molecule has 2 nitrogen and oxygen atoms in total. The smallest absolute Gasteiger partial charge is 0.122 e. The predicted octanol–water partition coefficient (Wildman–Crippen LogP) is 6.39. The van der Waals surface area contributed by atoms with Crippen LogP contribution in [-0.2, 0) is 17.1 Å². The lowest BCUT2D eigenvalue weighted by Crippen LogP contribution is -2.26. The molecule has 160 valence electrons. The van der Waals surface area contributed by atoms with Crippen LogP contribution in [0.2, 0.25) is 0 Å². The van der Waals surface area contributed by atoms with Gasteiger partial charge in [0.05, 0.1) is 0 Å². The summed E-state index contributed by atoms with van der Waals surface area (Å²) in [6.45, 7) is 19.8. The van der Waals surface area contributed by atoms with Gasteiger partial charge in [0.25, 0.3) is 0 Å². The Kier molecular flexibility index (Phi) is 7.57. The Balaban J connectivity index is 2.58. The van der Waals surface area contributed by atoms with Gasteiger partial charge in [0, 0.05) is 17.3 Å². The molecule has 2 unspecified atom stereocenters. The van der Waals surface area contributed by atoms with Crippen molar-refractivity contribution >= 4 is 13.9 Å². The Morgan fingerprint density at radius 1 is 1.00 bits per heavy atom. The lowest BCUT2D eigenvalue weighted by molar-refractivity contribution is 0.346. The minimum atomic E-state index is -0.0955. The van der Waals surface area contributed by atoms with Gasteiger partial charge in [-0.15, -0.1) is 0 Å². The fourth-order valence-electron chi connectivity index (χ4n) is 3.70. The van der Waals surface area contributed by atoms with Gasteiger partial charge in [-0.1, -0.05) is 80.5 Å². The summed E-state index contributed by atoms with van der Waals surface area (Å²) in [7, 11) is 2.79. The van der Waals surface area contributed by atoms with Crippen molar-refractivity contribution in [1.82, 2.24) is 4.90 Å². The Hall–Kier alpha value is -1.37. The molecule has 0 radical (unpaired) electrons. The number of aromatic hydroxyl groups is 1. The molecule has 2 aromatic rings. The van der Waals surface area contributed by atoms with E-state index in [4.69, 9.17) is 0 Å². The Morgan fingerprint density at radius 2 is 1.66 bits per heavy atom. The zero-order valence-corrected chi connectivity index (χ0v) is 20.9. The molecule has 3 heteroatoms. The van der Waals surface area contributed by atoms with Crippen LogP contribution in [0.25, 0.3) is 0 Å². The summed E-state index contributed by atoms with van der Waals surface area (Å²) >= 11 is 0. The Bertz CT molecular complexity index is 853. The van der Waals surface area contributed by atoms with E-state index in [0.29, 0.717) is 14.3 Å². The Morgan fingerprint density at radius 3 is 2.21 bits per heavy atom. The molecule has 0 saturated heterocycles. The molecule has 0 aliphatic carbocycles. The topological polar surface area (TPSA) is 23.5 Å². The van der Waals surface area contributed by atoms with E-state index in [2.05, 4.69) is 90.7 Å². The quantitative estimate of drug-likeness (QED) is 0.532. The fraction of sp³-hybridized carbons (Fsp3) is 0.538. The third kappa shape index (κ3) is 5.41. The van der Waals surface area contributed by atoms with Crippen LogP contribution in [0.4, 0.5) is 0 Å². The van der Waals surface area contributed by atoms with Gasteiger partial charge in [-0.3, -0.25) is 0 Å². The van der Waals surface area contributed by atoms with Crippen molar-refractivity contribution in [2.75, 3.05) is 13.6 Å². The highest BCUT2D eigenvalue weighted by Crippen LogP contribution is 2.49. The summed E-state index contributed by atoms with van der Waals surface area (Å²) in [5.41, 5.74) is 6.20. The summed E-state index contributed by atoms with van der Waals surface area (Å²) in [6.07, 6.45) is 0.990. The van der Waals surface area contributed by atoms with Crippen molar-refractivity contribution in [2.24, 2.45) is 0 Å². The summed E-state index contributed by atoms with van der Waals surface area (Å²) in [6, 6.07) is 11.1. The highest BCUT2D eigenvalue weighted by molar-refractivity contribution is 7.48. The molecule has 0 aliphatic heterocycles. The Labute approximate surface area is 180 Å². The lowest BCUT2D eigenvalue weighted by atomic mass is 9.82. The predicted molar refractivity (Wildman–Crippen MR) is 130 cm³/mol. The number of nitrogens with zero attached hydrogens (tertiary/aromatic N) is 1. The average molecular weight is 414 g/mol. The van der Waals surface area contributed by atoms with Gasteiger partial charge in [-0.25, -0.2) is 0 Å². The minimum absolute atomic E-state index is 0.0582. The average Bonchev–Trinajstić information content (AvgIpc) is 2.65. The third-order valence-corrected chi connectivity index (χ3v) is 8.35. The van der Waals surface area contributed by atoms with Crippen LogP contribution < -0.4 is 5.30 Å². The minimum Gasteiger partial charge on any atom is -0.507 e. The molecule has 0 bridgehead atoms. The second-order valence-corrected chi connectivity index (χ2v) is 11.5. The van der Waals surface area contributed by atoms with Crippen molar-refractivity contribution in [3.63, 3.8) is 0 Å². The first-order chi connectivity index (χ1) is 13.4. The molecule has 0 aromatic heterocycles. The first-order valence-corrected chi connectivity index (χ1v) is 11.8. The third-order valence-electron chi connectivity index (χ3n) is 6.21. The molecular formula is C26H40NOP. The second kappa shape index (κ2) is 9.19. The van der Waals surface area contributed by atoms with Gasteiger partial charge >= 0.3 is 0 Å². The zero-order chi connectivity index (χ0) is 22.0. The van der Waals surface area contributed by atoms with Crippen LogP contribution in [-0.4, -0.2) is 23.6 Å². The van der Waals surface area contributed by atoms with Gasteiger partial charge in [0.1, 0.15) is 5.75 Å². The van der Waals surface area contributed by atoms with Gasteiger partial charge in [0.15, 0.2) is 0 Å². The highest BCUT2D eigenvalue weighted by Gasteiger charge is 2.32. The van der Waals surface area contributed by atoms with Gasteiger partial charge in [0.2, 0.25) is 0 Å². The summed E-state index contributed by atoms with van der Waals surface area (Å²) < 4.78 is 0. The van der Waals surface area contributed by atoms with Crippen molar-refractivity contribution in [2.45, 2.75) is 78.9 Å². The highest BCUT2D eigenvalue weighted by atomic mass is 31.1.